The van der Waals surface area contributed by atoms with Crippen LogP contribution >= 0.6 is 0 Å². The van der Waals surface area contributed by atoms with Crippen molar-refractivity contribution < 1.29 is 9.84 Å². The van der Waals surface area contributed by atoms with Gasteiger partial charge in [-0.25, -0.2) is 0 Å². The Kier molecular flexibility index (Phi) is 3.91. The fourth-order valence-corrected chi connectivity index (χ4v) is 3.56. The van der Waals surface area contributed by atoms with E-state index in [1.807, 2.05) is 0 Å². The van der Waals surface area contributed by atoms with E-state index in [4.69, 9.17) is 4.74 Å². The monoisotopic (exact) mass is 262 g/mol. The number of ether oxygens (including phenoxy) is 1. The smallest absolute Gasteiger partial charge is 0.125 e. The summed E-state index contributed by atoms with van der Waals surface area (Å²) in [6, 6.07) is 4.33. The highest BCUT2D eigenvalue weighted by Crippen LogP contribution is 2.49. The molecule has 2 atom stereocenters. The van der Waals surface area contributed by atoms with Crippen LogP contribution in [-0.2, 0) is 0 Å². The zero-order valence-corrected chi connectivity index (χ0v) is 12.8. The van der Waals surface area contributed by atoms with Crippen LogP contribution in [0.15, 0.2) is 12.1 Å². The zero-order chi connectivity index (χ0) is 14.2. The second kappa shape index (κ2) is 5.16. The van der Waals surface area contributed by atoms with E-state index >= 15 is 0 Å². The summed E-state index contributed by atoms with van der Waals surface area (Å²) >= 11 is 0. The molecule has 106 valence electrons. The Bertz CT molecular complexity index is 437. The van der Waals surface area contributed by atoms with Crippen molar-refractivity contribution in [1.29, 1.82) is 0 Å². The number of aliphatic hydroxyl groups is 1. The van der Waals surface area contributed by atoms with Crippen LogP contribution < -0.4 is 4.74 Å². The SMILES string of the molecule is CCC1(CC)C(O)CC1Oc1c(C)cc(C)cc1C. The van der Waals surface area contributed by atoms with Crippen LogP contribution in [0.4, 0.5) is 0 Å². The first-order chi connectivity index (χ1) is 8.94. The summed E-state index contributed by atoms with van der Waals surface area (Å²) in [7, 11) is 0. The second-order valence-corrected chi connectivity index (χ2v) is 6.03. The lowest BCUT2D eigenvalue weighted by Gasteiger charge is -2.52. The van der Waals surface area contributed by atoms with Gasteiger partial charge in [0.05, 0.1) is 6.10 Å². The van der Waals surface area contributed by atoms with Gasteiger partial charge in [-0.3, -0.25) is 0 Å². The van der Waals surface area contributed by atoms with E-state index in [0.717, 1.165) is 25.0 Å². The Morgan fingerprint density at radius 3 is 2.11 bits per heavy atom. The van der Waals surface area contributed by atoms with Gasteiger partial charge in [-0.1, -0.05) is 31.5 Å². The Hall–Kier alpha value is -1.02. The van der Waals surface area contributed by atoms with E-state index in [0.29, 0.717) is 0 Å². The minimum Gasteiger partial charge on any atom is -0.489 e. The molecule has 1 aliphatic rings. The molecule has 19 heavy (non-hydrogen) atoms. The van der Waals surface area contributed by atoms with Gasteiger partial charge in [0.1, 0.15) is 11.9 Å². The standard InChI is InChI=1S/C17H26O2/c1-6-17(7-2)14(18)10-15(17)19-16-12(4)8-11(3)9-13(16)5/h8-9,14-15,18H,6-7,10H2,1-5H3. The van der Waals surface area contributed by atoms with Crippen molar-refractivity contribution in [1.82, 2.24) is 0 Å². The molecule has 1 aromatic rings. The van der Waals surface area contributed by atoms with Gasteiger partial charge in [0.2, 0.25) is 0 Å². The highest BCUT2D eigenvalue weighted by atomic mass is 16.5. The number of aryl methyl sites for hydroxylation is 3. The second-order valence-electron chi connectivity index (χ2n) is 6.03. The van der Waals surface area contributed by atoms with Crippen LogP contribution in [0.2, 0.25) is 0 Å². The van der Waals surface area contributed by atoms with Gasteiger partial charge in [-0.2, -0.15) is 0 Å². The molecular formula is C17H26O2. The van der Waals surface area contributed by atoms with E-state index in [9.17, 15) is 5.11 Å². The van der Waals surface area contributed by atoms with Crippen LogP contribution in [0, 0.1) is 26.2 Å². The molecule has 0 heterocycles. The maximum absolute atomic E-state index is 10.1. The summed E-state index contributed by atoms with van der Waals surface area (Å²) in [6.07, 6.45) is 2.64. The van der Waals surface area contributed by atoms with Crippen LogP contribution in [0.3, 0.4) is 0 Å². The summed E-state index contributed by atoms with van der Waals surface area (Å²) < 4.78 is 6.28. The molecule has 2 unspecified atom stereocenters. The summed E-state index contributed by atoms with van der Waals surface area (Å²) in [4.78, 5) is 0. The average molecular weight is 262 g/mol. The number of rotatable bonds is 4. The lowest BCUT2D eigenvalue weighted by Crippen LogP contribution is -2.59. The quantitative estimate of drug-likeness (QED) is 0.891. The van der Waals surface area contributed by atoms with Crippen molar-refractivity contribution in [3.63, 3.8) is 0 Å². The van der Waals surface area contributed by atoms with E-state index in [-0.39, 0.29) is 17.6 Å². The molecular weight excluding hydrogens is 236 g/mol. The molecule has 0 bridgehead atoms. The van der Waals surface area contributed by atoms with E-state index in [1.54, 1.807) is 0 Å². The highest BCUT2D eigenvalue weighted by molar-refractivity contribution is 5.43. The predicted molar refractivity (Wildman–Crippen MR) is 78.7 cm³/mol. The molecule has 1 fully saturated rings. The first-order valence-corrected chi connectivity index (χ1v) is 7.37. The minimum atomic E-state index is -0.210. The van der Waals surface area contributed by atoms with Crippen LogP contribution in [0.1, 0.15) is 49.8 Å². The van der Waals surface area contributed by atoms with Crippen molar-refractivity contribution in [2.24, 2.45) is 5.41 Å². The molecule has 2 rings (SSSR count). The molecule has 0 spiro atoms. The molecule has 2 heteroatoms. The van der Waals surface area contributed by atoms with Gasteiger partial charge in [-0.15, -0.1) is 0 Å². The van der Waals surface area contributed by atoms with Gasteiger partial charge in [0.15, 0.2) is 0 Å². The first kappa shape index (κ1) is 14.4. The van der Waals surface area contributed by atoms with Gasteiger partial charge in [0, 0.05) is 11.8 Å². The summed E-state index contributed by atoms with van der Waals surface area (Å²) in [5, 5.41) is 10.1. The van der Waals surface area contributed by atoms with Crippen molar-refractivity contribution in [2.45, 2.75) is 66.1 Å². The molecule has 2 nitrogen and oxygen atoms in total. The van der Waals surface area contributed by atoms with Crippen molar-refractivity contribution >= 4 is 0 Å². The normalized spacial score (nSPS) is 24.9. The Morgan fingerprint density at radius 1 is 1.16 bits per heavy atom. The molecule has 1 aliphatic carbocycles. The third kappa shape index (κ3) is 2.27. The number of hydrogen-bond donors (Lipinski definition) is 1. The third-order valence-electron chi connectivity index (χ3n) is 4.92. The summed E-state index contributed by atoms with van der Waals surface area (Å²) in [5.74, 6) is 1.01. The topological polar surface area (TPSA) is 29.5 Å². The molecule has 0 amide bonds. The van der Waals surface area contributed by atoms with Crippen molar-refractivity contribution in [3.05, 3.63) is 28.8 Å². The zero-order valence-electron chi connectivity index (χ0n) is 12.8. The minimum absolute atomic E-state index is 0.0518. The number of hydrogen-bond acceptors (Lipinski definition) is 2. The summed E-state index contributed by atoms with van der Waals surface area (Å²) in [6.45, 7) is 10.6. The largest absolute Gasteiger partial charge is 0.489 e. The number of aliphatic hydroxyl groups excluding tert-OH is 1. The maximum Gasteiger partial charge on any atom is 0.125 e. The van der Waals surface area contributed by atoms with Gasteiger partial charge < -0.3 is 9.84 Å². The average Bonchev–Trinajstić information content (AvgIpc) is 2.33. The van der Waals surface area contributed by atoms with Gasteiger partial charge in [-0.05, 0) is 44.7 Å². The van der Waals surface area contributed by atoms with Gasteiger partial charge >= 0.3 is 0 Å². The lowest BCUT2D eigenvalue weighted by atomic mass is 9.60. The molecule has 0 aliphatic heterocycles. The Morgan fingerprint density at radius 2 is 1.68 bits per heavy atom. The maximum atomic E-state index is 10.1. The third-order valence-corrected chi connectivity index (χ3v) is 4.92. The Labute approximate surface area is 116 Å². The van der Waals surface area contributed by atoms with Crippen molar-refractivity contribution in [2.75, 3.05) is 0 Å². The fourth-order valence-electron chi connectivity index (χ4n) is 3.56. The predicted octanol–water partition coefficient (Wildman–Crippen LogP) is 3.93. The fraction of sp³-hybridized carbons (Fsp3) is 0.647. The molecule has 1 saturated carbocycles. The molecule has 1 N–H and O–H groups in total. The Balaban J connectivity index is 2.23. The highest BCUT2D eigenvalue weighted by Gasteiger charge is 2.53. The number of benzene rings is 1. The van der Waals surface area contributed by atoms with Crippen LogP contribution in [0.25, 0.3) is 0 Å². The van der Waals surface area contributed by atoms with E-state index in [1.165, 1.54) is 16.7 Å². The van der Waals surface area contributed by atoms with E-state index < -0.39 is 0 Å². The van der Waals surface area contributed by atoms with Crippen LogP contribution in [0.5, 0.6) is 5.75 Å². The lowest BCUT2D eigenvalue weighted by molar-refractivity contribution is -0.160. The van der Waals surface area contributed by atoms with Crippen molar-refractivity contribution in [3.8, 4) is 5.75 Å². The molecule has 0 saturated heterocycles. The molecule has 0 radical (unpaired) electrons. The van der Waals surface area contributed by atoms with Gasteiger partial charge in [0.25, 0.3) is 0 Å². The summed E-state index contributed by atoms with van der Waals surface area (Å²) in [5.41, 5.74) is 3.61. The van der Waals surface area contributed by atoms with E-state index in [2.05, 4.69) is 46.8 Å². The first-order valence-electron chi connectivity index (χ1n) is 7.37. The molecule has 0 aromatic heterocycles. The van der Waals surface area contributed by atoms with Crippen LogP contribution in [-0.4, -0.2) is 17.3 Å². The molecule has 1 aromatic carbocycles.